The molecule has 0 heterocycles. The Morgan fingerprint density at radius 1 is 1.21 bits per heavy atom. The largest absolute Gasteiger partial charge is 0.224 e. The van der Waals surface area contributed by atoms with Gasteiger partial charge in [-0.2, -0.15) is 5.26 Å². The van der Waals surface area contributed by atoms with Crippen molar-refractivity contribution in [3.8, 4) is 6.07 Å². The fraction of sp³-hybridized carbons (Fsp3) is 0.500. The Morgan fingerprint density at radius 2 is 1.79 bits per heavy atom. The minimum Gasteiger partial charge on any atom is -0.224 e. The SMILES string of the molecule is CC(C)(C#N)CCCCS(=O)(=O)c1ccc(F)cc1. The van der Waals surface area contributed by atoms with Crippen molar-refractivity contribution in [3.63, 3.8) is 0 Å². The molecule has 3 nitrogen and oxygen atoms in total. The van der Waals surface area contributed by atoms with Crippen LogP contribution in [0.4, 0.5) is 4.39 Å². The lowest BCUT2D eigenvalue weighted by Gasteiger charge is -2.14. The molecule has 0 atom stereocenters. The average molecular weight is 283 g/mol. The Bertz CT molecular complexity index is 556. The van der Waals surface area contributed by atoms with Gasteiger partial charge in [-0.15, -0.1) is 0 Å². The van der Waals surface area contributed by atoms with Gasteiger partial charge < -0.3 is 0 Å². The van der Waals surface area contributed by atoms with Crippen molar-refractivity contribution in [2.24, 2.45) is 5.41 Å². The van der Waals surface area contributed by atoms with Crippen LogP contribution >= 0.6 is 0 Å². The first kappa shape index (κ1) is 15.6. The number of rotatable bonds is 6. The predicted octanol–water partition coefficient (Wildman–Crippen LogP) is 3.32. The molecule has 0 amide bonds. The van der Waals surface area contributed by atoms with Gasteiger partial charge in [-0.1, -0.05) is 6.42 Å². The van der Waals surface area contributed by atoms with Crippen LogP contribution in [-0.2, 0) is 9.84 Å². The summed E-state index contributed by atoms with van der Waals surface area (Å²) in [5.41, 5.74) is -0.417. The Hall–Kier alpha value is -1.41. The van der Waals surface area contributed by atoms with Crippen molar-refractivity contribution in [1.82, 2.24) is 0 Å². The molecule has 0 aliphatic carbocycles. The highest BCUT2D eigenvalue weighted by Crippen LogP contribution is 2.22. The Balaban J connectivity index is 2.53. The molecule has 0 fully saturated rings. The zero-order valence-corrected chi connectivity index (χ0v) is 12.0. The third-order valence-electron chi connectivity index (χ3n) is 2.94. The maximum absolute atomic E-state index is 12.7. The zero-order chi connectivity index (χ0) is 14.5. The van der Waals surface area contributed by atoms with E-state index in [-0.39, 0.29) is 10.6 Å². The van der Waals surface area contributed by atoms with Gasteiger partial charge in [0.2, 0.25) is 0 Å². The van der Waals surface area contributed by atoms with E-state index in [0.29, 0.717) is 19.3 Å². The summed E-state index contributed by atoms with van der Waals surface area (Å²) in [6.45, 7) is 3.67. The van der Waals surface area contributed by atoms with Gasteiger partial charge in [0.25, 0.3) is 0 Å². The van der Waals surface area contributed by atoms with Crippen molar-refractivity contribution >= 4 is 9.84 Å². The molecule has 0 saturated carbocycles. The van der Waals surface area contributed by atoms with Crippen LogP contribution in [0.1, 0.15) is 33.1 Å². The van der Waals surface area contributed by atoms with E-state index >= 15 is 0 Å². The van der Waals surface area contributed by atoms with Crippen molar-refractivity contribution in [1.29, 1.82) is 5.26 Å². The Labute approximate surface area is 114 Å². The maximum atomic E-state index is 12.7. The predicted molar refractivity (Wildman–Crippen MR) is 71.7 cm³/mol. The topological polar surface area (TPSA) is 57.9 Å². The molecule has 0 radical (unpaired) electrons. The van der Waals surface area contributed by atoms with Crippen LogP contribution in [0.25, 0.3) is 0 Å². The fourth-order valence-corrected chi connectivity index (χ4v) is 3.05. The number of hydrogen-bond donors (Lipinski definition) is 0. The van der Waals surface area contributed by atoms with Gasteiger partial charge in [-0.05, 0) is 51.0 Å². The molecule has 0 aliphatic rings. The lowest BCUT2D eigenvalue weighted by molar-refractivity contribution is 0.431. The molecule has 19 heavy (non-hydrogen) atoms. The van der Waals surface area contributed by atoms with Gasteiger partial charge in [0.15, 0.2) is 9.84 Å². The number of benzene rings is 1. The van der Waals surface area contributed by atoms with Crippen LogP contribution in [0.15, 0.2) is 29.2 Å². The second kappa shape index (κ2) is 6.16. The van der Waals surface area contributed by atoms with Gasteiger partial charge in [0, 0.05) is 0 Å². The van der Waals surface area contributed by atoms with Gasteiger partial charge in [-0.25, -0.2) is 12.8 Å². The summed E-state index contributed by atoms with van der Waals surface area (Å²) in [5.74, 6) is -0.421. The summed E-state index contributed by atoms with van der Waals surface area (Å²) >= 11 is 0. The number of nitriles is 1. The van der Waals surface area contributed by atoms with Crippen molar-refractivity contribution in [3.05, 3.63) is 30.1 Å². The molecular formula is C14H18FNO2S. The van der Waals surface area contributed by atoms with E-state index in [1.807, 2.05) is 13.8 Å². The van der Waals surface area contributed by atoms with Crippen molar-refractivity contribution < 1.29 is 12.8 Å². The van der Waals surface area contributed by atoms with E-state index < -0.39 is 21.1 Å². The molecule has 1 rings (SSSR count). The monoisotopic (exact) mass is 283 g/mol. The summed E-state index contributed by atoms with van der Waals surface area (Å²) in [5, 5.41) is 8.85. The summed E-state index contributed by atoms with van der Waals surface area (Å²) in [4.78, 5) is 0.147. The highest BCUT2D eigenvalue weighted by atomic mass is 32.2. The lowest BCUT2D eigenvalue weighted by atomic mass is 9.89. The highest BCUT2D eigenvalue weighted by molar-refractivity contribution is 7.91. The second-order valence-electron chi connectivity index (χ2n) is 5.23. The van der Waals surface area contributed by atoms with Crippen LogP contribution in [0.3, 0.4) is 0 Å². The molecule has 0 aliphatic heterocycles. The molecule has 0 bridgehead atoms. The number of hydrogen-bond acceptors (Lipinski definition) is 3. The maximum Gasteiger partial charge on any atom is 0.178 e. The first-order chi connectivity index (χ1) is 8.77. The highest BCUT2D eigenvalue weighted by Gasteiger charge is 2.18. The normalized spacial score (nSPS) is 12.1. The van der Waals surface area contributed by atoms with Gasteiger partial charge >= 0.3 is 0 Å². The van der Waals surface area contributed by atoms with Gasteiger partial charge in [-0.3, -0.25) is 0 Å². The molecule has 5 heteroatoms. The van der Waals surface area contributed by atoms with E-state index in [4.69, 9.17) is 5.26 Å². The number of nitrogens with zero attached hydrogens (tertiary/aromatic N) is 1. The average Bonchev–Trinajstić information content (AvgIpc) is 2.35. The molecule has 104 valence electrons. The number of sulfone groups is 1. The molecule has 0 unspecified atom stereocenters. The molecule has 0 spiro atoms. The van der Waals surface area contributed by atoms with Crippen molar-refractivity contribution in [2.75, 3.05) is 5.75 Å². The summed E-state index contributed by atoms with van der Waals surface area (Å²) in [7, 11) is -3.35. The summed E-state index contributed by atoms with van der Waals surface area (Å²) in [6, 6.07) is 7.04. The first-order valence-corrected chi connectivity index (χ1v) is 7.82. The zero-order valence-electron chi connectivity index (χ0n) is 11.2. The lowest BCUT2D eigenvalue weighted by Crippen LogP contribution is -2.10. The summed E-state index contributed by atoms with van der Waals surface area (Å²) in [6.07, 6.45) is 1.86. The molecule has 1 aromatic rings. The van der Waals surface area contributed by atoms with Gasteiger partial charge in [0.1, 0.15) is 5.82 Å². The van der Waals surface area contributed by atoms with Crippen molar-refractivity contribution in [2.45, 2.75) is 38.0 Å². The first-order valence-electron chi connectivity index (χ1n) is 6.16. The Kier molecular flexibility index (Phi) is 5.07. The minimum absolute atomic E-state index is 0.0279. The van der Waals surface area contributed by atoms with E-state index in [0.717, 1.165) is 12.1 Å². The molecule has 1 aromatic carbocycles. The Morgan fingerprint density at radius 3 is 2.32 bits per heavy atom. The fourth-order valence-electron chi connectivity index (χ4n) is 1.67. The second-order valence-corrected chi connectivity index (χ2v) is 7.33. The van der Waals surface area contributed by atoms with Crippen LogP contribution in [0.2, 0.25) is 0 Å². The summed E-state index contributed by atoms with van der Waals surface area (Å²) < 4.78 is 36.6. The molecule has 0 saturated heterocycles. The number of halogens is 1. The van der Waals surface area contributed by atoms with E-state index in [9.17, 15) is 12.8 Å². The van der Waals surface area contributed by atoms with Crippen LogP contribution < -0.4 is 0 Å². The molecule has 0 N–H and O–H groups in total. The van der Waals surface area contributed by atoms with Crippen LogP contribution in [-0.4, -0.2) is 14.2 Å². The number of unbranched alkanes of at least 4 members (excludes halogenated alkanes) is 1. The smallest absolute Gasteiger partial charge is 0.178 e. The van der Waals surface area contributed by atoms with E-state index in [1.165, 1.54) is 12.1 Å². The quantitative estimate of drug-likeness (QED) is 0.594. The minimum atomic E-state index is -3.35. The third kappa shape index (κ3) is 4.99. The van der Waals surface area contributed by atoms with E-state index in [1.54, 1.807) is 0 Å². The van der Waals surface area contributed by atoms with Crippen LogP contribution in [0.5, 0.6) is 0 Å². The molecular weight excluding hydrogens is 265 g/mol. The van der Waals surface area contributed by atoms with Gasteiger partial charge in [0.05, 0.1) is 22.1 Å². The standard InChI is InChI=1S/C14H18FNO2S/c1-14(2,11-16)9-3-4-10-19(17,18)13-7-5-12(15)6-8-13/h5-8H,3-4,9-10H2,1-2H3. The molecule has 0 aromatic heterocycles. The van der Waals surface area contributed by atoms with E-state index in [2.05, 4.69) is 6.07 Å². The third-order valence-corrected chi connectivity index (χ3v) is 4.76. The van der Waals surface area contributed by atoms with Crippen LogP contribution in [0, 0.1) is 22.6 Å².